The van der Waals surface area contributed by atoms with E-state index in [1.807, 2.05) is 0 Å². The van der Waals surface area contributed by atoms with Crippen molar-refractivity contribution < 1.29 is 17.9 Å². The summed E-state index contributed by atoms with van der Waals surface area (Å²) in [4.78, 5) is 29.8. The number of methoxy groups -OCH3 is 1. The molecule has 1 N–H and O–H groups in total. The van der Waals surface area contributed by atoms with Gasteiger partial charge >= 0.3 is 0 Å². The lowest BCUT2D eigenvalue weighted by Gasteiger charge is -2.14. The number of ether oxygens (including phenoxy) is 1. The molecule has 0 aliphatic carbocycles. The van der Waals surface area contributed by atoms with E-state index >= 15 is 0 Å². The molecular formula is C24H20ClN3O5S. The summed E-state index contributed by atoms with van der Waals surface area (Å²) in [5.41, 5.74) is 0.529. The summed E-state index contributed by atoms with van der Waals surface area (Å²) in [5.74, 6) is 0.0138. The van der Waals surface area contributed by atoms with E-state index in [2.05, 4.69) is 10.3 Å². The number of nitrogens with one attached hydrogen (secondary N) is 1. The Morgan fingerprint density at radius 1 is 1.09 bits per heavy atom. The Morgan fingerprint density at radius 3 is 2.47 bits per heavy atom. The number of aryl methyl sites for hydroxylation is 1. The molecule has 1 amide bonds. The predicted octanol–water partition coefficient (Wildman–Crippen LogP) is 3.84. The van der Waals surface area contributed by atoms with E-state index in [4.69, 9.17) is 16.3 Å². The van der Waals surface area contributed by atoms with Crippen molar-refractivity contribution in [2.75, 3.05) is 12.4 Å². The van der Waals surface area contributed by atoms with Crippen molar-refractivity contribution >= 4 is 44.1 Å². The Bertz CT molecular complexity index is 1560. The molecule has 0 radical (unpaired) electrons. The lowest BCUT2D eigenvalue weighted by Crippen LogP contribution is -2.24. The minimum atomic E-state index is -4.19. The van der Waals surface area contributed by atoms with Gasteiger partial charge in [0.15, 0.2) is 0 Å². The average molecular weight is 498 g/mol. The largest absolute Gasteiger partial charge is 0.497 e. The molecule has 8 nitrogen and oxygen atoms in total. The Hall–Kier alpha value is -3.69. The second kappa shape index (κ2) is 9.28. The van der Waals surface area contributed by atoms with Crippen molar-refractivity contribution in [3.63, 3.8) is 0 Å². The Balaban J connectivity index is 1.82. The van der Waals surface area contributed by atoms with Gasteiger partial charge in [-0.1, -0.05) is 23.7 Å². The van der Waals surface area contributed by atoms with Gasteiger partial charge < -0.3 is 14.6 Å². The Kier molecular flexibility index (Phi) is 6.41. The van der Waals surface area contributed by atoms with Crippen LogP contribution in [0, 0.1) is 6.92 Å². The van der Waals surface area contributed by atoms with Gasteiger partial charge in [-0.2, -0.15) is 0 Å². The molecule has 0 aliphatic rings. The summed E-state index contributed by atoms with van der Waals surface area (Å²) in [5, 5.41) is 3.14. The molecule has 0 spiro atoms. The number of hydrogen-bond acceptors (Lipinski definition) is 6. The van der Waals surface area contributed by atoms with Gasteiger partial charge in [-0.3, -0.25) is 9.59 Å². The number of carbonyl (C=O) groups excluding carboxylic acids is 1. The summed E-state index contributed by atoms with van der Waals surface area (Å²) in [6.07, 6.45) is 1.16. The van der Waals surface area contributed by atoms with Crippen LogP contribution in [0.1, 0.15) is 5.69 Å². The number of para-hydroxylation sites is 1. The number of pyridine rings is 2. The van der Waals surface area contributed by atoms with Gasteiger partial charge in [-0.25, -0.2) is 13.4 Å². The van der Waals surface area contributed by atoms with E-state index < -0.39 is 26.1 Å². The maximum absolute atomic E-state index is 13.3. The molecule has 174 valence electrons. The zero-order valence-corrected chi connectivity index (χ0v) is 19.9. The minimum Gasteiger partial charge on any atom is -0.497 e. The second-order valence-electron chi connectivity index (χ2n) is 7.48. The molecule has 2 aromatic carbocycles. The smallest absolute Gasteiger partial charge is 0.244 e. The lowest BCUT2D eigenvalue weighted by atomic mass is 10.2. The normalized spacial score (nSPS) is 11.4. The maximum atomic E-state index is 13.3. The van der Waals surface area contributed by atoms with E-state index in [0.717, 1.165) is 6.20 Å². The topological polar surface area (TPSA) is 107 Å². The van der Waals surface area contributed by atoms with Crippen LogP contribution in [0.5, 0.6) is 5.75 Å². The number of fused-ring (bicyclic) bond motifs is 1. The number of amides is 1. The molecule has 0 saturated heterocycles. The van der Waals surface area contributed by atoms with E-state index in [1.165, 1.54) is 42.0 Å². The highest BCUT2D eigenvalue weighted by atomic mass is 35.5. The van der Waals surface area contributed by atoms with Crippen LogP contribution in [0.4, 0.5) is 5.69 Å². The standard InChI is InChI=1S/C24H20ClN3O5S/c1-15-7-12-18-23(30)21(34(31,32)17-10-8-16(33-2)9-11-17)13-28(24(18)26-15)14-22(29)27-20-6-4-3-5-19(20)25/h3-13H,14H2,1-2H3,(H,27,29). The predicted molar refractivity (Wildman–Crippen MR) is 129 cm³/mol. The number of hydrogen-bond donors (Lipinski definition) is 1. The van der Waals surface area contributed by atoms with Crippen LogP contribution in [-0.4, -0.2) is 31.0 Å². The number of nitrogens with zero attached hydrogens (tertiary/aromatic N) is 2. The Labute approximate surface area is 200 Å². The van der Waals surface area contributed by atoms with Crippen LogP contribution in [-0.2, 0) is 21.2 Å². The zero-order valence-electron chi connectivity index (χ0n) is 18.3. The average Bonchev–Trinajstić information content (AvgIpc) is 2.82. The first-order valence-electron chi connectivity index (χ1n) is 10.1. The minimum absolute atomic E-state index is 0.0723. The van der Waals surface area contributed by atoms with Crippen molar-refractivity contribution in [3.05, 3.63) is 87.8 Å². The number of benzene rings is 2. The number of anilines is 1. The first-order valence-corrected chi connectivity index (χ1v) is 12.0. The molecule has 0 bridgehead atoms. The molecular weight excluding hydrogens is 478 g/mol. The van der Waals surface area contributed by atoms with Crippen LogP contribution < -0.4 is 15.5 Å². The number of aromatic nitrogens is 2. The first-order chi connectivity index (χ1) is 16.2. The molecule has 4 rings (SSSR count). The molecule has 0 atom stereocenters. The molecule has 34 heavy (non-hydrogen) atoms. The monoisotopic (exact) mass is 497 g/mol. The van der Waals surface area contributed by atoms with Gasteiger partial charge in [0.2, 0.25) is 21.2 Å². The summed E-state index contributed by atoms with van der Waals surface area (Å²) >= 11 is 6.12. The van der Waals surface area contributed by atoms with Gasteiger partial charge in [0.05, 0.1) is 28.1 Å². The Morgan fingerprint density at radius 2 is 1.79 bits per heavy atom. The van der Waals surface area contributed by atoms with Crippen molar-refractivity contribution in [3.8, 4) is 5.75 Å². The quantitative estimate of drug-likeness (QED) is 0.433. The fourth-order valence-corrected chi connectivity index (χ4v) is 4.99. The highest BCUT2D eigenvalue weighted by Crippen LogP contribution is 2.24. The number of halogens is 1. The number of sulfone groups is 1. The van der Waals surface area contributed by atoms with Gasteiger partial charge in [-0.15, -0.1) is 0 Å². The van der Waals surface area contributed by atoms with E-state index in [9.17, 15) is 18.0 Å². The van der Waals surface area contributed by atoms with Crippen LogP contribution in [0.15, 0.2) is 81.4 Å². The van der Waals surface area contributed by atoms with Crippen LogP contribution in [0.25, 0.3) is 11.0 Å². The van der Waals surface area contributed by atoms with Gasteiger partial charge in [0.25, 0.3) is 0 Å². The van der Waals surface area contributed by atoms with Gasteiger partial charge in [0.1, 0.15) is 22.8 Å². The van der Waals surface area contributed by atoms with Crippen LogP contribution >= 0.6 is 11.6 Å². The highest BCUT2D eigenvalue weighted by molar-refractivity contribution is 7.91. The third kappa shape index (κ3) is 4.52. The summed E-state index contributed by atoms with van der Waals surface area (Å²) in [6.45, 7) is 1.45. The van der Waals surface area contributed by atoms with Crippen molar-refractivity contribution in [1.29, 1.82) is 0 Å². The summed E-state index contributed by atoms with van der Waals surface area (Å²) < 4.78 is 33.1. The zero-order chi connectivity index (χ0) is 24.5. The van der Waals surface area contributed by atoms with Crippen molar-refractivity contribution in [2.24, 2.45) is 0 Å². The molecule has 0 aliphatic heterocycles. The lowest BCUT2D eigenvalue weighted by molar-refractivity contribution is -0.116. The van der Waals surface area contributed by atoms with E-state index in [-0.39, 0.29) is 22.5 Å². The highest BCUT2D eigenvalue weighted by Gasteiger charge is 2.25. The third-order valence-electron chi connectivity index (χ3n) is 5.15. The molecule has 10 heteroatoms. The number of rotatable bonds is 6. The SMILES string of the molecule is COc1ccc(S(=O)(=O)c2cn(CC(=O)Nc3ccccc3Cl)c3nc(C)ccc3c2=O)cc1. The summed E-state index contributed by atoms with van der Waals surface area (Å²) in [7, 11) is -2.72. The second-order valence-corrected chi connectivity index (χ2v) is 9.81. The molecule has 2 aromatic heterocycles. The molecule has 0 saturated carbocycles. The van der Waals surface area contributed by atoms with E-state index in [0.29, 0.717) is 22.2 Å². The van der Waals surface area contributed by atoms with Crippen molar-refractivity contribution in [2.45, 2.75) is 23.3 Å². The fraction of sp³-hybridized carbons (Fsp3) is 0.125. The van der Waals surface area contributed by atoms with Gasteiger partial charge in [0, 0.05) is 11.9 Å². The van der Waals surface area contributed by atoms with Crippen molar-refractivity contribution in [1.82, 2.24) is 9.55 Å². The summed E-state index contributed by atoms with van der Waals surface area (Å²) in [6, 6.07) is 15.6. The molecule has 2 heterocycles. The fourth-order valence-electron chi connectivity index (χ4n) is 3.43. The third-order valence-corrected chi connectivity index (χ3v) is 7.24. The van der Waals surface area contributed by atoms with Crippen LogP contribution in [0.3, 0.4) is 0 Å². The first kappa shape index (κ1) is 23.5. The van der Waals surface area contributed by atoms with E-state index in [1.54, 1.807) is 37.3 Å². The van der Waals surface area contributed by atoms with Crippen LogP contribution in [0.2, 0.25) is 5.02 Å². The molecule has 4 aromatic rings. The molecule has 0 unspecified atom stereocenters. The molecule has 0 fully saturated rings. The number of carbonyl (C=O) groups is 1. The maximum Gasteiger partial charge on any atom is 0.244 e. The van der Waals surface area contributed by atoms with Gasteiger partial charge in [-0.05, 0) is 55.5 Å².